The zero-order valence-electron chi connectivity index (χ0n) is 12.4. The topological polar surface area (TPSA) is 57.5 Å². The van der Waals surface area contributed by atoms with Gasteiger partial charge in [-0.15, -0.1) is 0 Å². The van der Waals surface area contributed by atoms with Crippen molar-refractivity contribution < 1.29 is 32.2 Å². The van der Waals surface area contributed by atoms with Crippen molar-refractivity contribution in [1.82, 2.24) is 4.57 Å². The van der Waals surface area contributed by atoms with Gasteiger partial charge in [-0.05, 0) is 24.6 Å². The third-order valence-electron chi connectivity index (χ3n) is 3.24. The minimum Gasteiger partial charge on any atom is -0.469 e. The zero-order valence-corrected chi connectivity index (χ0v) is 12.4. The van der Waals surface area contributed by atoms with E-state index in [1.807, 2.05) is 0 Å². The van der Waals surface area contributed by atoms with Crippen molar-refractivity contribution >= 4 is 23.0 Å². The van der Waals surface area contributed by atoms with E-state index in [-0.39, 0.29) is 18.5 Å². The maximum Gasteiger partial charge on any atom is 0.418 e. The molecular formula is C15H14F3NO4. The number of nitrogens with zero attached hydrogens (tertiary/aromatic N) is 1. The molecule has 2 rings (SSSR count). The molecule has 0 N–H and O–H groups in total. The summed E-state index contributed by atoms with van der Waals surface area (Å²) in [6.45, 7) is 1.66. The van der Waals surface area contributed by atoms with E-state index in [0.717, 1.165) is 16.7 Å². The van der Waals surface area contributed by atoms with Gasteiger partial charge in [0.1, 0.15) is 0 Å². The van der Waals surface area contributed by atoms with Crippen molar-refractivity contribution in [2.24, 2.45) is 0 Å². The number of esters is 1. The highest BCUT2D eigenvalue weighted by molar-refractivity contribution is 5.94. The summed E-state index contributed by atoms with van der Waals surface area (Å²) in [5, 5.41) is 0.358. The van der Waals surface area contributed by atoms with Gasteiger partial charge in [-0.3, -0.25) is 9.36 Å². The third kappa shape index (κ3) is 3.46. The first kappa shape index (κ1) is 16.9. The van der Waals surface area contributed by atoms with Gasteiger partial charge in [-0.1, -0.05) is 6.07 Å². The summed E-state index contributed by atoms with van der Waals surface area (Å²) in [6.07, 6.45) is -4.22. The van der Waals surface area contributed by atoms with Crippen molar-refractivity contribution in [3.05, 3.63) is 35.5 Å². The first-order valence-electron chi connectivity index (χ1n) is 6.73. The Bertz CT molecular complexity index is 749. The van der Waals surface area contributed by atoms with Crippen LogP contribution in [0.25, 0.3) is 10.9 Å². The SMILES string of the molecule is CCOC(=O)n1cc(CC(=O)OC)c2ccc(C(F)(F)F)cc21. The molecule has 0 saturated heterocycles. The van der Waals surface area contributed by atoms with Crippen LogP contribution < -0.4 is 0 Å². The molecule has 124 valence electrons. The summed E-state index contributed by atoms with van der Waals surface area (Å²) < 4.78 is 49.0. The van der Waals surface area contributed by atoms with Gasteiger partial charge in [0.15, 0.2) is 0 Å². The molecule has 0 amide bonds. The van der Waals surface area contributed by atoms with Crippen molar-refractivity contribution in [3.8, 4) is 0 Å². The van der Waals surface area contributed by atoms with Crippen LogP contribution in [-0.2, 0) is 26.9 Å². The lowest BCUT2D eigenvalue weighted by Crippen LogP contribution is -2.13. The minimum atomic E-state index is -4.54. The Labute approximate surface area is 129 Å². The Hall–Kier alpha value is -2.51. The summed E-state index contributed by atoms with van der Waals surface area (Å²) in [4.78, 5) is 23.4. The van der Waals surface area contributed by atoms with Crippen molar-refractivity contribution in [3.63, 3.8) is 0 Å². The summed E-state index contributed by atoms with van der Waals surface area (Å²) >= 11 is 0. The van der Waals surface area contributed by atoms with E-state index < -0.39 is 23.8 Å². The number of aromatic nitrogens is 1. The molecule has 0 aliphatic carbocycles. The molecule has 0 spiro atoms. The molecule has 1 aromatic carbocycles. The quantitative estimate of drug-likeness (QED) is 0.810. The maximum absolute atomic E-state index is 12.9. The molecule has 1 aromatic heterocycles. The first-order chi connectivity index (χ1) is 10.8. The fraction of sp³-hybridized carbons (Fsp3) is 0.333. The van der Waals surface area contributed by atoms with Crippen LogP contribution in [0.5, 0.6) is 0 Å². The van der Waals surface area contributed by atoms with E-state index in [4.69, 9.17) is 4.74 Å². The summed E-state index contributed by atoms with van der Waals surface area (Å²) in [5.41, 5.74) is -0.482. The second kappa shape index (κ2) is 6.31. The lowest BCUT2D eigenvalue weighted by atomic mass is 10.1. The molecule has 8 heteroatoms. The van der Waals surface area contributed by atoms with E-state index >= 15 is 0 Å². The summed E-state index contributed by atoms with van der Waals surface area (Å²) in [7, 11) is 1.20. The van der Waals surface area contributed by atoms with Crippen LogP contribution in [0.1, 0.15) is 18.1 Å². The molecule has 2 aromatic rings. The minimum absolute atomic E-state index is 0.0252. The Morgan fingerprint density at radius 1 is 1.26 bits per heavy atom. The van der Waals surface area contributed by atoms with Gasteiger partial charge in [-0.25, -0.2) is 4.79 Å². The zero-order chi connectivity index (χ0) is 17.2. The molecule has 0 saturated carbocycles. The third-order valence-corrected chi connectivity index (χ3v) is 3.24. The van der Waals surface area contributed by atoms with Crippen LogP contribution in [0.4, 0.5) is 18.0 Å². The Morgan fingerprint density at radius 3 is 2.52 bits per heavy atom. The lowest BCUT2D eigenvalue weighted by Gasteiger charge is -2.08. The average molecular weight is 329 g/mol. The van der Waals surface area contributed by atoms with Crippen LogP contribution in [-0.4, -0.2) is 30.3 Å². The number of hydrogen-bond acceptors (Lipinski definition) is 4. The van der Waals surface area contributed by atoms with Crippen molar-refractivity contribution in [1.29, 1.82) is 0 Å². The van der Waals surface area contributed by atoms with Crippen molar-refractivity contribution in [2.45, 2.75) is 19.5 Å². The predicted octanol–water partition coefficient (Wildman–Crippen LogP) is 3.38. The molecule has 0 aliphatic heterocycles. The highest BCUT2D eigenvalue weighted by Gasteiger charge is 2.31. The molecule has 0 bridgehead atoms. The van der Waals surface area contributed by atoms with E-state index in [0.29, 0.717) is 10.9 Å². The molecule has 0 atom stereocenters. The van der Waals surface area contributed by atoms with Gasteiger partial charge in [-0.2, -0.15) is 13.2 Å². The number of alkyl halides is 3. The maximum atomic E-state index is 12.9. The molecule has 1 heterocycles. The molecular weight excluding hydrogens is 315 g/mol. The summed E-state index contributed by atoms with van der Waals surface area (Å²) in [5.74, 6) is -0.562. The Balaban J connectivity index is 2.61. The van der Waals surface area contributed by atoms with E-state index in [1.54, 1.807) is 6.92 Å². The number of ether oxygens (including phenoxy) is 2. The van der Waals surface area contributed by atoms with Gasteiger partial charge in [0.05, 0.1) is 31.2 Å². The second-order valence-corrected chi connectivity index (χ2v) is 4.71. The molecule has 0 fully saturated rings. The fourth-order valence-electron chi connectivity index (χ4n) is 2.19. The number of hydrogen-bond donors (Lipinski definition) is 0. The van der Waals surface area contributed by atoms with Gasteiger partial charge in [0, 0.05) is 11.6 Å². The molecule has 0 radical (unpaired) electrons. The monoisotopic (exact) mass is 329 g/mol. The second-order valence-electron chi connectivity index (χ2n) is 4.71. The first-order valence-corrected chi connectivity index (χ1v) is 6.73. The average Bonchev–Trinajstić information content (AvgIpc) is 2.84. The molecule has 5 nitrogen and oxygen atoms in total. The van der Waals surface area contributed by atoms with Crippen LogP contribution in [0.15, 0.2) is 24.4 Å². The smallest absolute Gasteiger partial charge is 0.418 e. The van der Waals surface area contributed by atoms with Gasteiger partial charge in [0.2, 0.25) is 0 Å². The summed E-state index contributed by atoms with van der Waals surface area (Å²) in [6, 6.07) is 2.98. The number of benzene rings is 1. The van der Waals surface area contributed by atoms with E-state index in [1.165, 1.54) is 19.4 Å². The fourth-order valence-corrected chi connectivity index (χ4v) is 2.19. The standard InChI is InChI=1S/C15H14F3NO4/c1-3-23-14(21)19-8-9(6-13(20)22-2)11-5-4-10(7-12(11)19)15(16,17)18/h4-5,7-8H,3,6H2,1-2H3. The number of rotatable bonds is 3. The lowest BCUT2D eigenvalue weighted by molar-refractivity contribution is -0.140. The highest BCUT2D eigenvalue weighted by Crippen LogP contribution is 2.33. The van der Waals surface area contributed by atoms with Gasteiger partial charge in [0.25, 0.3) is 0 Å². The number of methoxy groups -OCH3 is 1. The largest absolute Gasteiger partial charge is 0.469 e. The number of carbonyl (C=O) groups excluding carboxylic acids is 2. The highest BCUT2D eigenvalue weighted by atomic mass is 19.4. The molecule has 0 unspecified atom stereocenters. The van der Waals surface area contributed by atoms with Gasteiger partial charge >= 0.3 is 18.2 Å². The normalized spacial score (nSPS) is 11.5. The predicted molar refractivity (Wildman–Crippen MR) is 75.1 cm³/mol. The number of fused-ring (bicyclic) bond motifs is 1. The molecule has 0 aliphatic rings. The van der Waals surface area contributed by atoms with Gasteiger partial charge < -0.3 is 9.47 Å². The number of halogens is 3. The van der Waals surface area contributed by atoms with Crippen LogP contribution in [0, 0.1) is 0 Å². The number of carbonyl (C=O) groups is 2. The van der Waals surface area contributed by atoms with Crippen LogP contribution in [0.2, 0.25) is 0 Å². The van der Waals surface area contributed by atoms with E-state index in [9.17, 15) is 22.8 Å². The van der Waals surface area contributed by atoms with Crippen LogP contribution >= 0.6 is 0 Å². The van der Waals surface area contributed by atoms with Crippen LogP contribution in [0.3, 0.4) is 0 Å². The Morgan fingerprint density at radius 2 is 1.96 bits per heavy atom. The Kier molecular flexibility index (Phi) is 4.63. The van der Waals surface area contributed by atoms with Crippen molar-refractivity contribution in [2.75, 3.05) is 13.7 Å². The molecule has 23 heavy (non-hydrogen) atoms. The van der Waals surface area contributed by atoms with E-state index in [2.05, 4.69) is 4.74 Å².